The molecular weight excluding hydrogens is 279 g/mol. The van der Waals surface area contributed by atoms with Crippen molar-refractivity contribution in [3.8, 4) is 0 Å². The number of rotatable bonds is 9. The van der Waals surface area contributed by atoms with E-state index in [9.17, 15) is 14.5 Å². The fourth-order valence-electron chi connectivity index (χ4n) is 1.81. The zero-order valence-corrected chi connectivity index (χ0v) is 12.7. The third kappa shape index (κ3) is 5.55. The largest absolute Gasteiger partial charge is 0.388 e. The highest BCUT2D eigenvalue weighted by Crippen LogP contribution is 2.48. The van der Waals surface area contributed by atoms with Crippen molar-refractivity contribution in [2.75, 3.05) is 19.4 Å². The van der Waals surface area contributed by atoms with Crippen LogP contribution in [0.15, 0.2) is 30.3 Å². The van der Waals surface area contributed by atoms with E-state index >= 15 is 0 Å². The number of aliphatic hydroxyl groups excluding tert-OH is 1. The number of Topliss-reactive ketones (excluding diaryl/α,β-unsaturated/α-hetero) is 1. The van der Waals surface area contributed by atoms with Crippen molar-refractivity contribution < 1.29 is 23.5 Å². The molecule has 0 amide bonds. The summed E-state index contributed by atoms with van der Waals surface area (Å²) >= 11 is 0. The lowest BCUT2D eigenvalue weighted by molar-refractivity contribution is -0.118. The van der Waals surface area contributed by atoms with Crippen LogP contribution in [0.4, 0.5) is 0 Å². The van der Waals surface area contributed by atoms with Crippen molar-refractivity contribution in [3.63, 3.8) is 0 Å². The fourth-order valence-corrected chi connectivity index (χ4v) is 3.42. The van der Waals surface area contributed by atoms with Crippen molar-refractivity contribution in [3.05, 3.63) is 35.9 Å². The first-order valence-electron chi connectivity index (χ1n) is 6.63. The van der Waals surface area contributed by atoms with Gasteiger partial charge in [-0.15, -0.1) is 0 Å². The quantitative estimate of drug-likeness (QED) is 0.710. The van der Waals surface area contributed by atoms with Crippen LogP contribution in [0.2, 0.25) is 0 Å². The zero-order chi connectivity index (χ0) is 15.0. The van der Waals surface area contributed by atoms with E-state index in [1.54, 1.807) is 38.1 Å². The predicted octanol–water partition coefficient (Wildman–Crippen LogP) is 2.95. The molecule has 0 unspecified atom stereocenters. The molecule has 6 heteroatoms. The molecule has 1 rings (SSSR count). The minimum atomic E-state index is -3.38. The van der Waals surface area contributed by atoms with Crippen molar-refractivity contribution in [1.82, 2.24) is 0 Å². The number of ketones is 1. The Morgan fingerprint density at radius 3 is 2.25 bits per heavy atom. The van der Waals surface area contributed by atoms with Gasteiger partial charge in [0.15, 0.2) is 0 Å². The van der Waals surface area contributed by atoms with Crippen molar-refractivity contribution in [1.29, 1.82) is 0 Å². The maximum absolute atomic E-state index is 12.2. The van der Waals surface area contributed by atoms with Gasteiger partial charge in [-0.05, 0) is 19.4 Å². The van der Waals surface area contributed by atoms with E-state index in [-0.39, 0.29) is 31.6 Å². The lowest BCUT2D eigenvalue weighted by Gasteiger charge is -2.17. The molecule has 1 N–H and O–H groups in total. The molecule has 0 radical (unpaired) electrons. The van der Waals surface area contributed by atoms with Crippen molar-refractivity contribution in [2.24, 2.45) is 0 Å². The summed E-state index contributed by atoms with van der Waals surface area (Å²) in [5, 5.41) is 9.96. The molecule has 112 valence electrons. The third-order valence-electron chi connectivity index (χ3n) is 2.63. The van der Waals surface area contributed by atoms with E-state index in [1.807, 2.05) is 6.07 Å². The zero-order valence-electron chi connectivity index (χ0n) is 11.8. The normalized spacial score (nSPS) is 13.2. The highest BCUT2D eigenvalue weighted by atomic mass is 31.2. The van der Waals surface area contributed by atoms with E-state index in [0.717, 1.165) is 0 Å². The summed E-state index contributed by atoms with van der Waals surface area (Å²) in [4.78, 5) is 11.9. The number of carbonyl (C=O) groups is 1. The maximum atomic E-state index is 12.2. The molecule has 20 heavy (non-hydrogen) atoms. The van der Waals surface area contributed by atoms with Crippen molar-refractivity contribution >= 4 is 13.4 Å². The molecule has 0 bridgehead atoms. The third-order valence-corrected chi connectivity index (χ3v) is 4.67. The van der Waals surface area contributed by atoms with Gasteiger partial charge < -0.3 is 14.2 Å². The van der Waals surface area contributed by atoms with Gasteiger partial charge >= 0.3 is 7.60 Å². The summed E-state index contributed by atoms with van der Waals surface area (Å²) in [5.41, 5.74) is 0.656. The second-order valence-electron chi connectivity index (χ2n) is 4.27. The van der Waals surface area contributed by atoms with Gasteiger partial charge in [-0.25, -0.2) is 0 Å². The molecule has 0 aliphatic heterocycles. The Bertz CT molecular complexity index is 450. The molecule has 0 aromatic heterocycles. The van der Waals surface area contributed by atoms with Gasteiger partial charge in [0.25, 0.3) is 0 Å². The van der Waals surface area contributed by atoms with Gasteiger partial charge in [0.1, 0.15) is 11.9 Å². The summed E-state index contributed by atoms with van der Waals surface area (Å²) in [7, 11) is -3.38. The first kappa shape index (κ1) is 17.1. The Morgan fingerprint density at radius 1 is 1.20 bits per heavy atom. The molecule has 0 fully saturated rings. The van der Waals surface area contributed by atoms with Gasteiger partial charge in [0.2, 0.25) is 0 Å². The first-order valence-corrected chi connectivity index (χ1v) is 8.36. The van der Waals surface area contributed by atoms with Crippen LogP contribution >= 0.6 is 7.60 Å². The summed E-state index contributed by atoms with van der Waals surface area (Å²) in [6.45, 7) is 3.81. The van der Waals surface area contributed by atoms with Crippen LogP contribution < -0.4 is 0 Å². The minimum absolute atomic E-state index is 0.103. The highest BCUT2D eigenvalue weighted by Gasteiger charge is 2.28. The number of hydrogen-bond donors (Lipinski definition) is 1. The smallest absolute Gasteiger partial charge is 0.338 e. The van der Waals surface area contributed by atoms with Gasteiger partial charge in [0, 0.05) is 6.42 Å². The molecule has 0 spiro atoms. The fraction of sp³-hybridized carbons (Fsp3) is 0.500. The van der Waals surface area contributed by atoms with Gasteiger partial charge in [0.05, 0.1) is 19.3 Å². The molecule has 1 aromatic rings. The minimum Gasteiger partial charge on any atom is -0.388 e. The van der Waals surface area contributed by atoms with Crippen LogP contribution in [0.5, 0.6) is 0 Å². The standard InChI is InChI=1S/C14H21O5P/c1-3-18-20(17,19-4-2)11-13(15)10-14(16)12-8-6-5-7-9-12/h5-9,14,16H,3-4,10-11H2,1-2H3/t14-/m1/s1. The lowest BCUT2D eigenvalue weighted by Crippen LogP contribution is -2.13. The summed E-state index contributed by atoms with van der Waals surface area (Å²) in [6.07, 6.45) is -1.31. The topological polar surface area (TPSA) is 72.8 Å². The molecule has 0 aliphatic rings. The summed E-state index contributed by atoms with van der Waals surface area (Å²) in [6, 6.07) is 8.88. The van der Waals surface area contributed by atoms with Gasteiger partial charge in [-0.3, -0.25) is 9.36 Å². The van der Waals surface area contributed by atoms with Crippen LogP contribution in [0.25, 0.3) is 0 Å². The molecule has 1 atom stereocenters. The SMILES string of the molecule is CCOP(=O)(CC(=O)C[C@@H](O)c1ccccc1)OCC. The van der Waals surface area contributed by atoms with Crippen LogP contribution in [0.3, 0.4) is 0 Å². The van der Waals surface area contributed by atoms with E-state index in [4.69, 9.17) is 9.05 Å². The second kappa shape index (κ2) is 8.32. The average Bonchev–Trinajstić information content (AvgIpc) is 2.39. The van der Waals surface area contributed by atoms with Crippen LogP contribution in [0.1, 0.15) is 31.9 Å². The number of aliphatic hydroxyl groups is 1. The lowest BCUT2D eigenvalue weighted by atomic mass is 10.1. The molecule has 0 saturated heterocycles. The Morgan fingerprint density at radius 2 is 1.75 bits per heavy atom. The number of hydrogen-bond acceptors (Lipinski definition) is 5. The second-order valence-corrected chi connectivity index (χ2v) is 6.33. The van der Waals surface area contributed by atoms with Gasteiger partial charge in [-0.2, -0.15) is 0 Å². The predicted molar refractivity (Wildman–Crippen MR) is 76.8 cm³/mol. The Kier molecular flexibility index (Phi) is 7.10. The molecule has 5 nitrogen and oxygen atoms in total. The van der Waals surface area contributed by atoms with E-state index in [2.05, 4.69) is 0 Å². The average molecular weight is 300 g/mol. The van der Waals surface area contributed by atoms with E-state index in [0.29, 0.717) is 5.56 Å². The van der Waals surface area contributed by atoms with Crippen LogP contribution in [-0.4, -0.2) is 30.3 Å². The van der Waals surface area contributed by atoms with E-state index in [1.165, 1.54) is 0 Å². The Hall–Kier alpha value is -1.00. The molecule has 1 aromatic carbocycles. The molecule has 0 aliphatic carbocycles. The number of benzene rings is 1. The van der Waals surface area contributed by atoms with Crippen LogP contribution in [-0.2, 0) is 18.4 Å². The molecular formula is C14H21O5P. The summed E-state index contributed by atoms with van der Waals surface area (Å²) in [5.74, 6) is -0.341. The molecule has 0 heterocycles. The number of carbonyl (C=O) groups excluding carboxylic acids is 1. The molecule has 0 saturated carbocycles. The van der Waals surface area contributed by atoms with Crippen LogP contribution in [0, 0.1) is 0 Å². The Balaban J connectivity index is 2.60. The monoisotopic (exact) mass is 300 g/mol. The van der Waals surface area contributed by atoms with Crippen molar-refractivity contribution in [2.45, 2.75) is 26.4 Å². The summed E-state index contributed by atoms with van der Waals surface area (Å²) < 4.78 is 22.3. The maximum Gasteiger partial charge on any atom is 0.338 e. The highest BCUT2D eigenvalue weighted by molar-refractivity contribution is 7.54. The Labute approximate surface area is 119 Å². The first-order chi connectivity index (χ1) is 9.50. The van der Waals surface area contributed by atoms with Gasteiger partial charge in [-0.1, -0.05) is 30.3 Å². The van der Waals surface area contributed by atoms with E-state index < -0.39 is 13.7 Å².